The summed E-state index contributed by atoms with van der Waals surface area (Å²) in [5.41, 5.74) is 3.55. The van der Waals surface area contributed by atoms with Crippen molar-refractivity contribution < 1.29 is 23.0 Å². The number of aryl methyl sites for hydroxylation is 2. The van der Waals surface area contributed by atoms with Crippen molar-refractivity contribution in [3.63, 3.8) is 0 Å². The minimum atomic E-state index is -2.93. The Balaban J connectivity index is 2.07. The second kappa shape index (κ2) is 8.28. The average molecular weight is 347 g/mol. The topological polar surface area (TPSA) is 47.6 Å². The van der Waals surface area contributed by atoms with Crippen molar-refractivity contribution in [2.45, 2.75) is 20.5 Å². The number of carbonyl (C=O) groups is 1. The van der Waals surface area contributed by atoms with Crippen molar-refractivity contribution >= 4 is 17.7 Å². The molecule has 0 fully saturated rings. The molecule has 2 aromatic carbocycles. The Hall–Kier alpha value is -2.89. The third-order valence-electron chi connectivity index (χ3n) is 3.61. The summed E-state index contributed by atoms with van der Waals surface area (Å²) in [5.74, 6) is -0.193. The van der Waals surface area contributed by atoms with Gasteiger partial charge >= 0.3 is 6.61 Å². The highest BCUT2D eigenvalue weighted by Crippen LogP contribution is 2.29. The Bertz CT molecular complexity index is 788. The van der Waals surface area contributed by atoms with Gasteiger partial charge in [-0.25, -0.2) is 0 Å². The van der Waals surface area contributed by atoms with E-state index in [1.165, 1.54) is 25.3 Å². The first-order valence-electron chi connectivity index (χ1n) is 7.58. The van der Waals surface area contributed by atoms with Crippen LogP contribution in [0.5, 0.6) is 11.5 Å². The Kier molecular flexibility index (Phi) is 6.11. The van der Waals surface area contributed by atoms with Crippen LogP contribution in [0, 0.1) is 13.8 Å². The van der Waals surface area contributed by atoms with Crippen molar-refractivity contribution in [2.24, 2.45) is 0 Å². The molecule has 2 rings (SSSR count). The van der Waals surface area contributed by atoms with E-state index in [-0.39, 0.29) is 17.4 Å². The van der Waals surface area contributed by atoms with Gasteiger partial charge in [-0.3, -0.25) is 4.79 Å². The number of methoxy groups -OCH3 is 1. The molecule has 0 atom stereocenters. The van der Waals surface area contributed by atoms with Crippen LogP contribution in [-0.4, -0.2) is 19.6 Å². The smallest absolute Gasteiger partial charge is 0.387 e. The number of hydrogen-bond donors (Lipinski definition) is 1. The fraction of sp³-hybridized carbons (Fsp3) is 0.211. The minimum Gasteiger partial charge on any atom is -0.493 e. The molecule has 4 nitrogen and oxygen atoms in total. The molecule has 0 spiro atoms. The zero-order valence-electron chi connectivity index (χ0n) is 14.2. The number of ether oxygens (including phenoxy) is 2. The highest BCUT2D eigenvalue weighted by Gasteiger charge is 2.10. The van der Waals surface area contributed by atoms with Crippen molar-refractivity contribution in [1.29, 1.82) is 0 Å². The van der Waals surface area contributed by atoms with Crippen molar-refractivity contribution in [3.8, 4) is 11.5 Å². The van der Waals surface area contributed by atoms with Crippen LogP contribution in [0.25, 0.3) is 6.08 Å². The van der Waals surface area contributed by atoms with Crippen molar-refractivity contribution in [3.05, 3.63) is 59.2 Å². The van der Waals surface area contributed by atoms with Crippen LogP contribution < -0.4 is 14.8 Å². The van der Waals surface area contributed by atoms with Gasteiger partial charge in [-0.2, -0.15) is 8.78 Å². The van der Waals surface area contributed by atoms with Crippen LogP contribution >= 0.6 is 0 Å². The summed E-state index contributed by atoms with van der Waals surface area (Å²) < 4.78 is 34.0. The Morgan fingerprint density at radius 3 is 2.48 bits per heavy atom. The molecular formula is C19H19F2NO3. The van der Waals surface area contributed by atoms with E-state index in [0.717, 1.165) is 11.1 Å². The average Bonchev–Trinajstić information content (AvgIpc) is 2.57. The molecule has 0 radical (unpaired) electrons. The van der Waals surface area contributed by atoms with Crippen LogP contribution in [0.15, 0.2) is 42.5 Å². The van der Waals surface area contributed by atoms with Crippen LogP contribution in [0.4, 0.5) is 14.5 Å². The molecule has 0 saturated heterocycles. The van der Waals surface area contributed by atoms with Crippen molar-refractivity contribution in [2.75, 3.05) is 12.4 Å². The molecule has 0 saturated carbocycles. The van der Waals surface area contributed by atoms with Gasteiger partial charge in [0.1, 0.15) is 0 Å². The van der Waals surface area contributed by atoms with E-state index in [0.29, 0.717) is 11.3 Å². The number of alkyl halides is 2. The first-order chi connectivity index (χ1) is 11.9. The van der Waals surface area contributed by atoms with Crippen LogP contribution in [-0.2, 0) is 4.79 Å². The van der Waals surface area contributed by atoms with E-state index >= 15 is 0 Å². The molecule has 6 heteroatoms. The van der Waals surface area contributed by atoms with Gasteiger partial charge < -0.3 is 14.8 Å². The third-order valence-corrected chi connectivity index (χ3v) is 3.61. The van der Waals surface area contributed by atoms with E-state index in [1.54, 1.807) is 12.1 Å². The largest absolute Gasteiger partial charge is 0.493 e. The third kappa shape index (κ3) is 5.31. The van der Waals surface area contributed by atoms with E-state index in [2.05, 4.69) is 10.1 Å². The highest BCUT2D eigenvalue weighted by molar-refractivity contribution is 6.02. The van der Waals surface area contributed by atoms with Crippen LogP contribution in [0.1, 0.15) is 16.7 Å². The van der Waals surface area contributed by atoms with Crippen LogP contribution in [0.3, 0.4) is 0 Å². The van der Waals surface area contributed by atoms with E-state index in [4.69, 9.17) is 4.74 Å². The number of benzene rings is 2. The van der Waals surface area contributed by atoms with Crippen molar-refractivity contribution in [1.82, 2.24) is 0 Å². The van der Waals surface area contributed by atoms with E-state index < -0.39 is 6.61 Å². The molecule has 1 N–H and O–H groups in total. The summed E-state index contributed by atoms with van der Waals surface area (Å²) >= 11 is 0. The molecule has 0 unspecified atom stereocenters. The fourth-order valence-electron chi connectivity index (χ4n) is 2.16. The monoisotopic (exact) mass is 347 g/mol. The second-order valence-electron chi connectivity index (χ2n) is 5.41. The predicted molar refractivity (Wildman–Crippen MR) is 93.2 cm³/mol. The molecule has 0 aromatic heterocycles. The standard InChI is InChI=1S/C19H19F2NO3/c1-12-4-7-15(10-13(12)2)22-18(23)9-6-14-5-8-16(25-19(20)21)17(11-14)24-3/h4-11,19H,1-3H3,(H,22,23)/b9-6+. The molecule has 0 bridgehead atoms. The quantitative estimate of drug-likeness (QED) is 0.779. The van der Waals surface area contributed by atoms with Gasteiger partial charge in [-0.1, -0.05) is 12.1 Å². The summed E-state index contributed by atoms with van der Waals surface area (Å²) in [6, 6.07) is 10.1. The van der Waals surface area contributed by atoms with Gasteiger partial charge in [0.05, 0.1) is 7.11 Å². The molecule has 2 aromatic rings. The maximum Gasteiger partial charge on any atom is 0.387 e. The molecule has 0 heterocycles. The Morgan fingerprint density at radius 1 is 1.08 bits per heavy atom. The van der Waals surface area contributed by atoms with Gasteiger partial charge in [0.15, 0.2) is 11.5 Å². The summed E-state index contributed by atoms with van der Waals surface area (Å²) in [6.07, 6.45) is 2.92. The summed E-state index contributed by atoms with van der Waals surface area (Å²) in [4.78, 5) is 12.0. The molecule has 0 aliphatic rings. The number of amides is 1. The molecule has 0 aliphatic heterocycles. The zero-order chi connectivity index (χ0) is 18.4. The van der Waals surface area contributed by atoms with Gasteiger partial charge in [0.25, 0.3) is 0 Å². The van der Waals surface area contributed by atoms with Crippen LogP contribution in [0.2, 0.25) is 0 Å². The lowest BCUT2D eigenvalue weighted by Gasteiger charge is -2.10. The predicted octanol–water partition coefficient (Wildman–Crippen LogP) is 4.57. The molecule has 132 valence electrons. The summed E-state index contributed by atoms with van der Waals surface area (Å²) in [5, 5.41) is 2.77. The van der Waals surface area contributed by atoms with Gasteiger partial charge in [-0.15, -0.1) is 0 Å². The number of hydrogen-bond acceptors (Lipinski definition) is 3. The number of anilines is 1. The molecule has 0 aliphatic carbocycles. The number of halogens is 2. The molecular weight excluding hydrogens is 328 g/mol. The second-order valence-corrected chi connectivity index (χ2v) is 5.41. The maximum atomic E-state index is 12.3. The normalized spacial score (nSPS) is 11.0. The lowest BCUT2D eigenvalue weighted by atomic mass is 10.1. The van der Waals surface area contributed by atoms with Gasteiger partial charge in [0, 0.05) is 11.8 Å². The first-order valence-corrected chi connectivity index (χ1v) is 7.58. The highest BCUT2D eigenvalue weighted by atomic mass is 19.3. The summed E-state index contributed by atoms with van der Waals surface area (Å²) in [7, 11) is 1.35. The Morgan fingerprint density at radius 2 is 1.84 bits per heavy atom. The van der Waals surface area contributed by atoms with E-state index in [9.17, 15) is 13.6 Å². The molecule has 1 amide bonds. The Labute approximate surface area is 145 Å². The number of rotatable bonds is 6. The number of carbonyl (C=O) groups excluding carboxylic acids is 1. The maximum absolute atomic E-state index is 12.3. The SMILES string of the molecule is COc1cc(/C=C/C(=O)Nc2ccc(C)c(C)c2)ccc1OC(F)F. The minimum absolute atomic E-state index is 0.0609. The molecule has 25 heavy (non-hydrogen) atoms. The first kappa shape index (κ1) is 18.4. The lowest BCUT2D eigenvalue weighted by Crippen LogP contribution is -2.08. The van der Waals surface area contributed by atoms with Gasteiger partial charge in [-0.05, 0) is 60.9 Å². The van der Waals surface area contributed by atoms with Gasteiger partial charge in [0.2, 0.25) is 5.91 Å². The number of nitrogens with one attached hydrogen (secondary N) is 1. The van der Waals surface area contributed by atoms with E-state index in [1.807, 2.05) is 32.0 Å². The fourth-order valence-corrected chi connectivity index (χ4v) is 2.16. The summed E-state index contributed by atoms with van der Waals surface area (Å²) in [6.45, 7) is 1.03. The lowest BCUT2D eigenvalue weighted by molar-refractivity contribution is -0.111. The zero-order valence-corrected chi connectivity index (χ0v) is 14.2.